The number of benzene rings is 1. The molecule has 1 aliphatic heterocycles. The van der Waals surface area contributed by atoms with Gasteiger partial charge >= 0.3 is 6.03 Å². The summed E-state index contributed by atoms with van der Waals surface area (Å²) < 4.78 is 5.68. The minimum absolute atomic E-state index is 0.0856. The largest absolute Gasteiger partial charge is 0.491 e. The summed E-state index contributed by atoms with van der Waals surface area (Å²) in [7, 11) is 0. The molecule has 1 unspecified atom stereocenters. The summed E-state index contributed by atoms with van der Waals surface area (Å²) in [6.45, 7) is 7.79. The average Bonchev–Trinajstić information content (AvgIpc) is 2.74. The summed E-state index contributed by atoms with van der Waals surface area (Å²) in [5.41, 5.74) is 1.25. The van der Waals surface area contributed by atoms with E-state index in [9.17, 15) is 4.79 Å². The molecule has 7 nitrogen and oxygen atoms in total. The van der Waals surface area contributed by atoms with E-state index >= 15 is 0 Å². The lowest BCUT2D eigenvalue weighted by atomic mass is 10.1. The maximum Gasteiger partial charge on any atom is 0.315 e. The van der Waals surface area contributed by atoms with E-state index in [0.29, 0.717) is 0 Å². The molecule has 2 amide bonds. The van der Waals surface area contributed by atoms with Gasteiger partial charge in [-0.2, -0.15) is 0 Å². The number of nitrogens with zero attached hydrogens (tertiary/aromatic N) is 3. The SMILES string of the molecule is CC(CCc1ccc(OC(C)C)cc1)NC(=O)NC1CCN(c2ncccn2)CC1. The fourth-order valence-corrected chi connectivity index (χ4v) is 3.59. The van der Waals surface area contributed by atoms with Crippen LogP contribution in [0, 0.1) is 0 Å². The quantitative estimate of drug-likeness (QED) is 0.694. The van der Waals surface area contributed by atoms with Crippen molar-refractivity contribution in [3.63, 3.8) is 0 Å². The van der Waals surface area contributed by atoms with Crippen LogP contribution in [0.1, 0.15) is 45.6 Å². The molecular formula is C23H33N5O2. The number of rotatable bonds is 8. The number of hydrogen-bond donors (Lipinski definition) is 2. The standard InChI is InChI=1S/C23H33N5O2/c1-17(2)30-21-9-7-19(8-10-21)6-5-18(3)26-23(29)27-20-11-15-28(16-12-20)22-24-13-4-14-25-22/h4,7-10,13-14,17-18,20H,5-6,11-12,15-16H2,1-3H3,(H2,26,27,29). The normalized spacial score (nSPS) is 15.7. The maximum absolute atomic E-state index is 12.4. The van der Waals surface area contributed by atoms with Crippen LogP contribution >= 0.6 is 0 Å². The van der Waals surface area contributed by atoms with Crippen molar-refractivity contribution < 1.29 is 9.53 Å². The fraction of sp³-hybridized carbons (Fsp3) is 0.522. The van der Waals surface area contributed by atoms with Gasteiger partial charge in [0, 0.05) is 37.6 Å². The molecule has 7 heteroatoms. The zero-order valence-corrected chi connectivity index (χ0v) is 18.2. The molecule has 2 heterocycles. The van der Waals surface area contributed by atoms with Gasteiger partial charge in [0.05, 0.1) is 6.10 Å². The summed E-state index contributed by atoms with van der Waals surface area (Å²) in [5, 5.41) is 6.18. The van der Waals surface area contributed by atoms with E-state index in [1.807, 2.05) is 39.0 Å². The summed E-state index contributed by atoms with van der Waals surface area (Å²) in [6, 6.07) is 10.2. The molecule has 162 valence electrons. The first kappa shape index (κ1) is 21.9. The van der Waals surface area contributed by atoms with E-state index in [2.05, 4.69) is 37.6 Å². The number of amides is 2. The molecule has 0 spiro atoms. The van der Waals surface area contributed by atoms with Gasteiger partial charge in [0.15, 0.2) is 0 Å². The first-order chi connectivity index (χ1) is 14.5. The Hall–Kier alpha value is -2.83. The lowest BCUT2D eigenvalue weighted by Crippen LogP contribution is -2.49. The Morgan fingerprint density at radius 1 is 1.13 bits per heavy atom. The van der Waals surface area contributed by atoms with Gasteiger partial charge in [-0.1, -0.05) is 12.1 Å². The zero-order chi connectivity index (χ0) is 21.3. The van der Waals surface area contributed by atoms with Crippen molar-refractivity contribution in [3.05, 3.63) is 48.3 Å². The molecule has 0 bridgehead atoms. The second kappa shape index (κ2) is 10.8. The Kier molecular flexibility index (Phi) is 7.88. The third-order valence-corrected chi connectivity index (χ3v) is 5.20. The first-order valence-corrected chi connectivity index (χ1v) is 10.8. The molecule has 30 heavy (non-hydrogen) atoms. The molecule has 1 fully saturated rings. The van der Waals surface area contributed by atoms with Crippen molar-refractivity contribution in [3.8, 4) is 5.75 Å². The predicted octanol–water partition coefficient (Wildman–Crippen LogP) is 3.55. The zero-order valence-electron chi connectivity index (χ0n) is 18.2. The summed E-state index contributed by atoms with van der Waals surface area (Å²) >= 11 is 0. The van der Waals surface area contributed by atoms with Gasteiger partial charge in [-0.3, -0.25) is 0 Å². The third kappa shape index (κ3) is 6.90. The van der Waals surface area contributed by atoms with Crippen LogP contribution in [-0.2, 0) is 6.42 Å². The smallest absolute Gasteiger partial charge is 0.315 e. The van der Waals surface area contributed by atoms with E-state index in [1.165, 1.54) is 5.56 Å². The Morgan fingerprint density at radius 2 is 1.80 bits per heavy atom. The molecule has 0 radical (unpaired) electrons. The second-order valence-electron chi connectivity index (χ2n) is 8.18. The van der Waals surface area contributed by atoms with Crippen LogP contribution in [0.4, 0.5) is 10.7 Å². The number of piperidine rings is 1. The second-order valence-corrected chi connectivity index (χ2v) is 8.18. The highest BCUT2D eigenvalue weighted by Gasteiger charge is 2.22. The highest BCUT2D eigenvalue weighted by molar-refractivity contribution is 5.74. The van der Waals surface area contributed by atoms with Gasteiger partial charge in [-0.25, -0.2) is 14.8 Å². The van der Waals surface area contributed by atoms with Crippen molar-refractivity contribution in [1.29, 1.82) is 0 Å². The molecule has 0 aliphatic carbocycles. The van der Waals surface area contributed by atoms with Crippen LogP contribution in [-0.4, -0.2) is 47.3 Å². The highest BCUT2D eigenvalue weighted by Crippen LogP contribution is 2.16. The van der Waals surface area contributed by atoms with Crippen molar-refractivity contribution in [2.45, 2.75) is 64.6 Å². The monoisotopic (exact) mass is 411 g/mol. The van der Waals surface area contributed by atoms with Gasteiger partial charge in [0.2, 0.25) is 5.95 Å². The van der Waals surface area contributed by atoms with Crippen molar-refractivity contribution in [1.82, 2.24) is 20.6 Å². The van der Waals surface area contributed by atoms with Crippen molar-refractivity contribution in [2.24, 2.45) is 0 Å². The highest BCUT2D eigenvalue weighted by atomic mass is 16.5. The summed E-state index contributed by atoms with van der Waals surface area (Å²) in [5.74, 6) is 1.65. The van der Waals surface area contributed by atoms with Crippen LogP contribution in [0.25, 0.3) is 0 Å². The number of ether oxygens (including phenoxy) is 1. The number of aryl methyl sites for hydroxylation is 1. The lowest BCUT2D eigenvalue weighted by Gasteiger charge is -2.32. The van der Waals surface area contributed by atoms with Crippen LogP contribution in [0.2, 0.25) is 0 Å². The average molecular weight is 412 g/mol. The lowest BCUT2D eigenvalue weighted by molar-refractivity contribution is 0.230. The van der Waals surface area contributed by atoms with E-state index in [-0.39, 0.29) is 24.2 Å². The summed E-state index contributed by atoms with van der Waals surface area (Å²) in [6.07, 6.45) is 7.29. The Morgan fingerprint density at radius 3 is 2.43 bits per heavy atom. The number of carbonyl (C=O) groups is 1. The van der Waals surface area contributed by atoms with Gasteiger partial charge in [-0.15, -0.1) is 0 Å². The third-order valence-electron chi connectivity index (χ3n) is 5.20. The molecule has 3 rings (SSSR count). The van der Waals surface area contributed by atoms with Crippen LogP contribution in [0.3, 0.4) is 0 Å². The summed E-state index contributed by atoms with van der Waals surface area (Å²) in [4.78, 5) is 23.1. The number of urea groups is 1. The molecule has 0 saturated carbocycles. The molecule has 1 atom stereocenters. The molecule has 2 aromatic rings. The number of hydrogen-bond acceptors (Lipinski definition) is 5. The number of aromatic nitrogens is 2. The number of nitrogens with one attached hydrogen (secondary N) is 2. The number of carbonyl (C=O) groups excluding carboxylic acids is 1. The van der Waals surface area contributed by atoms with Gasteiger partial charge in [-0.05, 0) is 70.2 Å². The van der Waals surface area contributed by atoms with E-state index in [1.54, 1.807) is 12.4 Å². The van der Waals surface area contributed by atoms with Crippen LogP contribution in [0.15, 0.2) is 42.7 Å². The molecule has 1 aromatic heterocycles. The van der Waals surface area contributed by atoms with E-state index < -0.39 is 0 Å². The Labute approximate surface area is 179 Å². The molecular weight excluding hydrogens is 378 g/mol. The molecule has 1 aliphatic rings. The first-order valence-electron chi connectivity index (χ1n) is 10.8. The number of anilines is 1. The molecule has 1 saturated heterocycles. The fourth-order valence-electron chi connectivity index (χ4n) is 3.59. The Bertz CT molecular complexity index is 774. The van der Waals surface area contributed by atoms with Gasteiger partial charge in [0.1, 0.15) is 5.75 Å². The van der Waals surface area contributed by atoms with Crippen molar-refractivity contribution in [2.75, 3.05) is 18.0 Å². The Balaban J connectivity index is 1.35. The van der Waals surface area contributed by atoms with E-state index in [0.717, 1.165) is 50.5 Å². The van der Waals surface area contributed by atoms with Crippen molar-refractivity contribution >= 4 is 12.0 Å². The van der Waals surface area contributed by atoms with Crippen LogP contribution < -0.4 is 20.3 Å². The topological polar surface area (TPSA) is 79.4 Å². The molecule has 1 aromatic carbocycles. The van der Waals surface area contributed by atoms with E-state index in [4.69, 9.17) is 4.74 Å². The minimum atomic E-state index is -0.0856. The maximum atomic E-state index is 12.4. The van der Waals surface area contributed by atoms with Crippen LogP contribution in [0.5, 0.6) is 5.75 Å². The van der Waals surface area contributed by atoms with Gasteiger partial charge < -0.3 is 20.3 Å². The predicted molar refractivity (Wildman–Crippen MR) is 119 cm³/mol. The van der Waals surface area contributed by atoms with Gasteiger partial charge in [0.25, 0.3) is 0 Å². The molecule has 2 N–H and O–H groups in total. The minimum Gasteiger partial charge on any atom is -0.491 e.